The highest BCUT2D eigenvalue weighted by atomic mass is 14.4. The zero-order valence-corrected chi connectivity index (χ0v) is 12.3. The predicted octanol–water partition coefficient (Wildman–Crippen LogP) is 5.66. The van der Waals surface area contributed by atoms with E-state index in [4.69, 9.17) is 5.26 Å². The molecule has 99 valence electrons. The minimum atomic E-state index is -0.235. The SMILES string of the molecule is CCCCCCCCCC[C](C)C(C)(C)C#N. The third-order valence-corrected chi connectivity index (χ3v) is 3.75. The molecule has 0 bridgehead atoms. The lowest BCUT2D eigenvalue weighted by Crippen LogP contribution is -2.17. The van der Waals surface area contributed by atoms with Crippen molar-refractivity contribution in [3.05, 3.63) is 5.92 Å². The minimum Gasteiger partial charge on any atom is -0.198 e. The molecule has 0 spiro atoms. The van der Waals surface area contributed by atoms with Gasteiger partial charge in [0, 0.05) is 0 Å². The van der Waals surface area contributed by atoms with Gasteiger partial charge in [-0.3, -0.25) is 0 Å². The molecule has 0 aliphatic carbocycles. The maximum absolute atomic E-state index is 9.02. The Labute approximate surface area is 109 Å². The van der Waals surface area contributed by atoms with Crippen LogP contribution in [0.5, 0.6) is 0 Å². The molecule has 0 unspecified atom stereocenters. The summed E-state index contributed by atoms with van der Waals surface area (Å²) in [6.45, 7) is 8.43. The van der Waals surface area contributed by atoms with E-state index in [-0.39, 0.29) is 5.41 Å². The highest BCUT2D eigenvalue weighted by molar-refractivity contribution is 5.10. The third kappa shape index (κ3) is 8.25. The Kier molecular flexibility index (Phi) is 9.23. The van der Waals surface area contributed by atoms with E-state index in [1.165, 1.54) is 57.3 Å². The highest BCUT2D eigenvalue weighted by Gasteiger charge is 2.25. The van der Waals surface area contributed by atoms with Crippen molar-refractivity contribution in [1.29, 1.82) is 5.26 Å². The van der Waals surface area contributed by atoms with E-state index < -0.39 is 0 Å². The lowest BCUT2D eigenvalue weighted by molar-refractivity contribution is 0.463. The molecule has 0 N–H and O–H groups in total. The van der Waals surface area contributed by atoms with Crippen LogP contribution in [0.4, 0.5) is 0 Å². The van der Waals surface area contributed by atoms with E-state index in [0.717, 1.165) is 6.42 Å². The van der Waals surface area contributed by atoms with Crippen LogP contribution in [0.15, 0.2) is 0 Å². The molecule has 0 aliphatic rings. The van der Waals surface area contributed by atoms with Gasteiger partial charge in [-0.1, -0.05) is 65.2 Å². The van der Waals surface area contributed by atoms with Gasteiger partial charge < -0.3 is 0 Å². The first-order valence-electron chi connectivity index (χ1n) is 7.28. The Morgan fingerprint density at radius 3 is 1.88 bits per heavy atom. The normalized spacial score (nSPS) is 11.8. The monoisotopic (exact) mass is 236 g/mol. The van der Waals surface area contributed by atoms with Crippen LogP contribution in [-0.4, -0.2) is 0 Å². The third-order valence-electron chi connectivity index (χ3n) is 3.75. The fourth-order valence-electron chi connectivity index (χ4n) is 1.93. The second-order valence-electron chi connectivity index (χ2n) is 5.74. The molecule has 1 radical (unpaired) electrons. The summed E-state index contributed by atoms with van der Waals surface area (Å²) < 4.78 is 0. The maximum atomic E-state index is 9.02. The largest absolute Gasteiger partial charge is 0.198 e. The van der Waals surface area contributed by atoms with E-state index in [1.807, 2.05) is 13.8 Å². The van der Waals surface area contributed by atoms with Crippen LogP contribution in [-0.2, 0) is 0 Å². The molecule has 0 fully saturated rings. The molecule has 17 heavy (non-hydrogen) atoms. The van der Waals surface area contributed by atoms with E-state index in [9.17, 15) is 0 Å². The van der Waals surface area contributed by atoms with Gasteiger partial charge in [-0.05, 0) is 26.2 Å². The molecule has 0 saturated carbocycles. The Morgan fingerprint density at radius 2 is 1.41 bits per heavy atom. The Hall–Kier alpha value is -0.510. The second-order valence-corrected chi connectivity index (χ2v) is 5.74. The van der Waals surface area contributed by atoms with Gasteiger partial charge in [-0.2, -0.15) is 5.26 Å². The molecule has 0 aromatic heterocycles. The molecule has 0 saturated heterocycles. The topological polar surface area (TPSA) is 23.8 Å². The van der Waals surface area contributed by atoms with Crippen molar-refractivity contribution in [2.75, 3.05) is 0 Å². The van der Waals surface area contributed by atoms with Crippen molar-refractivity contribution in [2.24, 2.45) is 5.41 Å². The fraction of sp³-hybridized carbons (Fsp3) is 0.875. The number of unbranched alkanes of at least 4 members (excludes halogenated alkanes) is 7. The molecule has 0 heterocycles. The quantitative estimate of drug-likeness (QED) is 0.449. The number of nitrogens with zero attached hydrogens (tertiary/aromatic N) is 1. The van der Waals surface area contributed by atoms with E-state index >= 15 is 0 Å². The van der Waals surface area contributed by atoms with Gasteiger partial charge in [0.15, 0.2) is 0 Å². The van der Waals surface area contributed by atoms with Crippen molar-refractivity contribution in [2.45, 2.75) is 85.5 Å². The predicted molar refractivity (Wildman–Crippen MR) is 75.5 cm³/mol. The molecule has 0 aromatic carbocycles. The summed E-state index contributed by atoms with van der Waals surface area (Å²) in [7, 11) is 0. The molecule has 0 rings (SSSR count). The first-order valence-corrected chi connectivity index (χ1v) is 7.28. The lowest BCUT2D eigenvalue weighted by atomic mass is 9.78. The van der Waals surface area contributed by atoms with Gasteiger partial charge in [0.2, 0.25) is 0 Å². The summed E-state index contributed by atoms with van der Waals surface area (Å²) in [4.78, 5) is 0. The van der Waals surface area contributed by atoms with E-state index in [1.54, 1.807) is 0 Å². The standard InChI is InChI=1S/C16H30N/c1-5-6-7-8-9-10-11-12-13-15(2)16(3,4)14-17/h5-13H2,1-4H3. The van der Waals surface area contributed by atoms with Crippen LogP contribution in [0.1, 0.15) is 85.5 Å². The molecule has 0 aromatic rings. The number of rotatable bonds is 10. The maximum Gasteiger partial charge on any atom is 0.0689 e. The summed E-state index contributed by atoms with van der Waals surface area (Å²) in [5, 5.41) is 9.02. The zero-order chi connectivity index (χ0) is 13.1. The molecule has 1 nitrogen and oxygen atoms in total. The van der Waals surface area contributed by atoms with Crippen LogP contribution in [0.2, 0.25) is 0 Å². The van der Waals surface area contributed by atoms with Crippen LogP contribution in [0.3, 0.4) is 0 Å². The zero-order valence-electron chi connectivity index (χ0n) is 12.3. The molecular weight excluding hydrogens is 206 g/mol. The summed E-state index contributed by atoms with van der Waals surface area (Å²) in [6.07, 6.45) is 12.0. The average molecular weight is 236 g/mol. The first kappa shape index (κ1) is 16.5. The van der Waals surface area contributed by atoms with Crippen molar-refractivity contribution in [3.8, 4) is 6.07 Å². The molecule has 1 heteroatoms. The second kappa shape index (κ2) is 9.51. The van der Waals surface area contributed by atoms with Gasteiger partial charge in [-0.15, -0.1) is 0 Å². The van der Waals surface area contributed by atoms with Gasteiger partial charge in [-0.25, -0.2) is 0 Å². The summed E-state index contributed by atoms with van der Waals surface area (Å²) in [5.41, 5.74) is -0.235. The van der Waals surface area contributed by atoms with Crippen LogP contribution >= 0.6 is 0 Å². The molecule has 0 aliphatic heterocycles. The average Bonchev–Trinajstić information content (AvgIpc) is 2.32. The molecular formula is C16H30N. The Bertz CT molecular complexity index is 212. The first-order chi connectivity index (χ1) is 8.04. The van der Waals surface area contributed by atoms with Crippen molar-refractivity contribution in [3.63, 3.8) is 0 Å². The Morgan fingerprint density at radius 1 is 0.941 bits per heavy atom. The fourth-order valence-corrected chi connectivity index (χ4v) is 1.93. The minimum absolute atomic E-state index is 0.235. The number of hydrogen-bond donors (Lipinski definition) is 0. The molecule has 0 amide bonds. The Balaban J connectivity index is 3.37. The van der Waals surface area contributed by atoms with E-state index in [2.05, 4.69) is 19.9 Å². The van der Waals surface area contributed by atoms with Gasteiger partial charge >= 0.3 is 0 Å². The van der Waals surface area contributed by atoms with Crippen LogP contribution < -0.4 is 0 Å². The van der Waals surface area contributed by atoms with E-state index in [0.29, 0.717) is 0 Å². The lowest BCUT2D eigenvalue weighted by Gasteiger charge is -2.23. The van der Waals surface area contributed by atoms with Gasteiger partial charge in [0.05, 0.1) is 11.5 Å². The summed E-state index contributed by atoms with van der Waals surface area (Å²) in [6, 6.07) is 2.38. The van der Waals surface area contributed by atoms with Gasteiger partial charge in [0.25, 0.3) is 0 Å². The number of nitriles is 1. The van der Waals surface area contributed by atoms with Crippen LogP contribution in [0.25, 0.3) is 0 Å². The van der Waals surface area contributed by atoms with Crippen molar-refractivity contribution >= 4 is 0 Å². The molecule has 0 atom stereocenters. The summed E-state index contributed by atoms with van der Waals surface area (Å²) in [5.74, 6) is 1.34. The van der Waals surface area contributed by atoms with Crippen molar-refractivity contribution < 1.29 is 0 Å². The summed E-state index contributed by atoms with van der Waals surface area (Å²) >= 11 is 0. The van der Waals surface area contributed by atoms with Gasteiger partial charge in [0.1, 0.15) is 0 Å². The van der Waals surface area contributed by atoms with Crippen LogP contribution in [0, 0.1) is 22.7 Å². The van der Waals surface area contributed by atoms with Crippen molar-refractivity contribution in [1.82, 2.24) is 0 Å². The number of hydrogen-bond acceptors (Lipinski definition) is 1. The highest BCUT2D eigenvalue weighted by Crippen LogP contribution is 2.31. The smallest absolute Gasteiger partial charge is 0.0689 e.